The molecule has 0 radical (unpaired) electrons. The van der Waals surface area contributed by atoms with E-state index >= 15 is 0 Å². The summed E-state index contributed by atoms with van der Waals surface area (Å²) in [7, 11) is 0. The highest BCUT2D eigenvalue weighted by Crippen LogP contribution is 2.34. The standard InChI is InChI=1S/C23H32N4O/c1-17-14-18(2)21(26-15-17)16-27(13-5-4-11-24-19(3)28)22-10-6-8-20-9-7-12-25-23(20)22/h7,9,12,14-15,22H,4-6,8,10-11,13,16H2,1-3H3,(H,24,28)/t22-/m0/s1. The zero-order valence-electron chi connectivity index (χ0n) is 17.4. The van der Waals surface area contributed by atoms with Gasteiger partial charge in [-0.15, -0.1) is 0 Å². The van der Waals surface area contributed by atoms with Crippen molar-refractivity contribution in [2.45, 2.75) is 65.5 Å². The van der Waals surface area contributed by atoms with Crippen LogP contribution < -0.4 is 5.32 Å². The van der Waals surface area contributed by atoms with E-state index < -0.39 is 0 Å². The number of aromatic nitrogens is 2. The summed E-state index contributed by atoms with van der Waals surface area (Å²) in [5.41, 5.74) is 6.22. The maximum atomic E-state index is 11.1. The van der Waals surface area contributed by atoms with Gasteiger partial charge in [-0.25, -0.2) is 0 Å². The first-order valence-electron chi connectivity index (χ1n) is 10.4. The lowest BCUT2D eigenvalue weighted by Gasteiger charge is -2.35. The fourth-order valence-corrected chi connectivity index (χ4v) is 4.09. The third-order valence-electron chi connectivity index (χ3n) is 5.53. The van der Waals surface area contributed by atoms with Crippen molar-refractivity contribution in [3.8, 4) is 0 Å². The highest BCUT2D eigenvalue weighted by atomic mass is 16.1. The minimum absolute atomic E-state index is 0.0433. The van der Waals surface area contributed by atoms with Gasteiger partial charge in [0.15, 0.2) is 0 Å². The molecule has 2 aromatic heterocycles. The normalized spacial score (nSPS) is 16.1. The van der Waals surface area contributed by atoms with Gasteiger partial charge in [-0.3, -0.25) is 19.7 Å². The zero-order chi connectivity index (χ0) is 19.9. The molecule has 1 N–H and O–H groups in total. The van der Waals surface area contributed by atoms with Crippen LogP contribution in [0.2, 0.25) is 0 Å². The van der Waals surface area contributed by atoms with Gasteiger partial charge in [0.25, 0.3) is 0 Å². The molecule has 0 saturated heterocycles. The van der Waals surface area contributed by atoms with Gasteiger partial charge in [0, 0.05) is 32.4 Å². The Labute approximate surface area is 168 Å². The number of fused-ring (bicyclic) bond motifs is 1. The summed E-state index contributed by atoms with van der Waals surface area (Å²) in [5.74, 6) is 0.0433. The zero-order valence-corrected chi connectivity index (χ0v) is 17.4. The van der Waals surface area contributed by atoms with E-state index in [-0.39, 0.29) is 5.91 Å². The summed E-state index contributed by atoms with van der Waals surface area (Å²) >= 11 is 0. The number of aryl methyl sites for hydroxylation is 3. The molecule has 1 atom stereocenters. The molecule has 0 spiro atoms. The quantitative estimate of drug-likeness (QED) is 0.706. The first-order valence-corrected chi connectivity index (χ1v) is 10.4. The van der Waals surface area contributed by atoms with E-state index in [0.717, 1.165) is 51.0 Å². The molecule has 5 nitrogen and oxygen atoms in total. The Kier molecular flexibility index (Phi) is 7.15. The molecule has 0 unspecified atom stereocenters. The summed E-state index contributed by atoms with van der Waals surface area (Å²) in [5, 5.41) is 2.90. The van der Waals surface area contributed by atoms with Crippen LogP contribution in [-0.4, -0.2) is 33.9 Å². The van der Waals surface area contributed by atoms with Crippen LogP contribution >= 0.6 is 0 Å². The molecule has 2 heterocycles. The number of amides is 1. The van der Waals surface area contributed by atoms with Crippen LogP contribution in [0.1, 0.15) is 66.7 Å². The van der Waals surface area contributed by atoms with E-state index in [4.69, 9.17) is 9.97 Å². The number of carbonyl (C=O) groups is 1. The predicted octanol–water partition coefficient (Wildman–Crippen LogP) is 3.89. The van der Waals surface area contributed by atoms with Crippen LogP contribution in [0, 0.1) is 13.8 Å². The molecule has 28 heavy (non-hydrogen) atoms. The highest BCUT2D eigenvalue weighted by Gasteiger charge is 2.27. The fourth-order valence-electron chi connectivity index (χ4n) is 4.09. The fraction of sp³-hybridized carbons (Fsp3) is 0.522. The Hall–Kier alpha value is -2.27. The number of unbranched alkanes of at least 4 members (excludes halogenated alkanes) is 1. The van der Waals surface area contributed by atoms with Gasteiger partial charge in [-0.1, -0.05) is 12.1 Å². The predicted molar refractivity (Wildman–Crippen MR) is 112 cm³/mol. The van der Waals surface area contributed by atoms with Crippen molar-refractivity contribution >= 4 is 5.91 Å². The summed E-state index contributed by atoms with van der Waals surface area (Å²) in [6.45, 7) is 8.37. The van der Waals surface area contributed by atoms with Crippen molar-refractivity contribution < 1.29 is 4.79 Å². The maximum absolute atomic E-state index is 11.1. The number of hydrogen-bond donors (Lipinski definition) is 1. The lowest BCUT2D eigenvalue weighted by Crippen LogP contribution is -2.33. The van der Waals surface area contributed by atoms with Crippen LogP contribution in [0.5, 0.6) is 0 Å². The van der Waals surface area contributed by atoms with Crippen molar-refractivity contribution in [1.82, 2.24) is 20.2 Å². The Morgan fingerprint density at radius 3 is 2.93 bits per heavy atom. The van der Waals surface area contributed by atoms with Crippen LogP contribution in [0.4, 0.5) is 0 Å². The van der Waals surface area contributed by atoms with E-state index in [1.165, 1.54) is 28.8 Å². The lowest BCUT2D eigenvalue weighted by atomic mass is 9.90. The molecular formula is C23H32N4O. The summed E-state index contributed by atoms with van der Waals surface area (Å²) in [6, 6.07) is 6.82. The molecule has 0 bridgehead atoms. The van der Waals surface area contributed by atoms with Gasteiger partial charge in [0.05, 0.1) is 17.4 Å². The summed E-state index contributed by atoms with van der Waals surface area (Å²) in [4.78, 5) is 23.1. The Morgan fingerprint density at radius 1 is 1.29 bits per heavy atom. The number of pyridine rings is 2. The Balaban J connectivity index is 1.75. The molecule has 0 fully saturated rings. The first kappa shape index (κ1) is 20.5. The molecule has 0 saturated carbocycles. The molecule has 2 aromatic rings. The monoisotopic (exact) mass is 380 g/mol. The number of carbonyl (C=O) groups excluding carboxylic acids is 1. The third kappa shape index (κ3) is 5.38. The van der Waals surface area contributed by atoms with E-state index in [0.29, 0.717) is 6.04 Å². The molecular weight excluding hydrogens is 348 g/mol. The molecule has 0 aliphatic heterocycles. The molecule has 150 valence electrons. The highest BCUT2D eigenvalue weighted by molar-refractivity contribution is 5.72. The average molecular weight is 381 g/mol. The first-order chi connectivity index (χ1) is 13.5. The average Bonchev–Trinajstić information content (AvgIpc) is 2.68. The second-order valence-corrected chi connectivity index (χ2v) is 7.89. The van der Waals surface area contributed by atoms with Gasteiger partial charge in [-0.2, -0.15) is 0 Å². The SMILES string of the molecule is CC(=O)NCCCCN(Cc1ncc(C)cc1C)[C@H]1CCCc2cccnc21. The maximum Gasteiger partial charge on any atom is 0.216 e. The van der Waals surface area contributed by atoms with Crippen molar-refractivity contribution in [2.75, 3.05) is 13.1 Å². The molecule has 1 aliphatic carbocycles. The third-order valence-corrected chi connectivity index (χ3v) is 5.53. The van der Waals surface area contributed by atoms with E-state index in [1.54, 1.807) is 6.92 Å². The number of nitrogens with one attached hydrogen (secondary N) is 1. The van der Waals surface area contributed by atoms with Crippen molar-refractivity contribution in [3.05, 3.63) is 58.7 Å². The van der Waals surface area contributed by atoms with Gasteiger partial charge in [-0.05, 0) is 75.3 Å². The minimum atomic E-state index is 0.0433. The lowest BCUT2D eigenvalue weighted by molar-refractivity contribution is -0.118. The number of rotatable bonds is 8. The van der Waals surface area contributed by atoms with Gasteiger partial charge >= 0.3 is 0 Å². The van der Waals surface area contributed by atoms with E-state index in [2.05, 4.69) is 36.2 Å². The Morgan fingerprint density at radius 2 is 2.14 bits per heavy atom. The van der Waals surface area contributed by atoms with Crippen molar-refractivity contribution in [2.24, 2.45) is 0 Å². The Bertz CT molecular complexity index is 805. The molecule has 3 rings (SSSR count). The number of hydrogen-bond acceptors (Lipinski definition) is 4. The second-order valence-electron chi connectivity index (χ2n) is 7.89. The molecule has 0 aromatic carbocycles. The van der Waals surface area contributed by atoms with Crippen molar-refractivity contribution in [3.63, 3.8) is 0 Å². The van der Waals surface area contributed by atoms with Gasteiger partial charge < -0.3 is 5.32 Å². The van der Waals surface area contributed by atoms with Crippen LogP contribution in [-0.2, 0) is 17.8 Å². The molecule has 1 aliphatic rings. The topological polar surface area (TPSA) is 58.1 Å². The van der Waals surface area contributed by atoms with E-state index in [9.17, 15) is 4.79 Å². The van der Waals surface area contributed by atoms with Crippen LogP contribution in [0.15, 0.2) is 30.6 Å². The molecule has 1 amide bonds. The smallest absolute Gasteiger partial charge is 0.216 e. The largest absolute Gasteiger partial charge is 0.356 e. The molecule has 5 heteroatoms. The minimum Gasteiger partial charge on any atom is -0.356 e. The summed E-state index contributed by atoms with van der Waals surface area (Å²) < 4.78 is 0. The van der Waals surface area contributed by atoms with Gasteiger partial charge in [0.1, 0.15) is 0 Å². The number of nitrogens with zero attached hydrogens (tertiary/aromatic N) is 3. The van der Waals surface area contributed by atoms with Crippen LogP contribution in [0.25, 0.3) is 0 Å². The van der Waals surface area contributed by atoms with E-state index in [1.807, 2.05) is 18.5 Å². The second kappa shape index (κ2) is 9.78. The van der Waals surface area contributed by atoms with Crippen molar-refractivity contribution in [1.29, 1.82) is 0 Å². The van der Waals surface area contributed by atoms with Crippen LogP contribution in [0.3, 0.4) is 0 Å². The van der Waals surface area contributed by atoms with Gasteiger partial charge in [0.2, 0.25) is 5.91 Å². The summed E-state index contributed by atoms with van der Waals surface area (Å²) in [6.07, 6.45) is 9.37.